The lowest BCUT2D eigenvalue weighted by Gasteiger charge is -2.18. The van der Waals surface area contributed by atoms with Crippen LogP contribution in [-0.4, -0.2) is 16.2 Å². The zero-order chi connectivity index (χ0) is 14.8. The van der Waals surface area contributed by atoms with Crippen LogP contribution in [0.3, 0.4) is 0 Å². The zero-order valence-electron chi connectivity index (χ0n) is 12.9. The van der Waals surface area contributed by atoms with Gasteiger partial charge in [-0.2, -0.15) is 0 Å². The minimum absolute atomic E-state index is 0.152. The van der Waals surface area contributed by atoms with Crippen molar-refractivity contribution >= 4 is 0 Å². The molecule has 0 unspecified atom stereocenters. The second-order valence-electron chi connectivity index (χ2n) is 6.36. The van der Waals surface area contributed by atoms with E-state index in [0.717, 1.165) is 5.56 Å². The molecule has 1 aromatic carbocycles. The molecular formula is C16H23N3O. The first kappa shape index (κ1) is 14.7. The molecule has 0 radical (unpaired) electrons. The van der Waals surface area contributed by atoms with Gasteiger partial charge in [0.25, 0.3) is 0 Å². The van der Waals surface area contributed by atoms with Crippen LogP contribution in [0.15, 0.2) is 28.7 Å². The lowest BCUT2D eigenvalue weighted by atomic mass is 9.87. The van der Waals surface area contributed by atoms with Crippen molar-refractivity contribution in [2.45, 2.75) is 52.6 Å². The Morgan fingerprint density at radius 2 is 1.75 bits per heavy atom. The van der Waals surface area contributed by atoms with E-state index in [1.165, 1.54) is 5.56 Å². The number of rotatable bonds is 4. The maximum atomic E-state index is 5.66. The van der Waals surface area contributed by atoms with Crippen LogP contribution in [0.5, 0.6) is 0 Å². The molecule has 0 aliphatic heterocycles. The van der Waals surface area contributed by atoms with Crippen LogP contribution in [0.2, 0.25) is 0 Å². The Bertz CT molecular complexity index is 550. The van der Waals surface area contributed by atoms with E-state index in [4.69, 9.17) is 4.42 Å². The fourth-order valence-corrected chi connectivity index (χ4v) is 1.85. The summed E-state index contributed by atoms with van der Waals surface area (Å²) in [5.41, 5.74) is 2.41. The van der Waals surface area contributed by atoms with E-state index in [0.29, 0.717) is 24.4 Å². The first-order valence-corrected chi connectivity index (χ1v) is 7.03. The molecule has 1 N–H and O–H groups in total. The number of benzene rings is 1. The maximum absolute atomic E-state index is 5.66. The fourth-order valence-electron chi connectivity index (χ4n) is 1.85. The standard InChI is InChI=1S/C16H23N3O/c1-11(2)17-10-14-18-19-15(20-14)12-6-8-13(9-7-12)16(3,4)5/h6-9,11,17H,10H2,1-5H3. The highest BCUT2D eigenvalue weighted by Gasteiger charge is 2.14. The van der Waals surface area contributed by atoms with Gasteiger partial charge in [-0.1, -0.05) is 46.8 Å². The highest BCUT2D eigenvalue weighted by atomic mass is 16.4. The fraction of sp³-hybridized carbons (Fsp3) is 0.500. The highest BCUT2D eigenvalue weighted by Crippen LogP contribution is 2.25. The summed E-state index contributed by atoms with van der Waals surface area (Å²) in [7, 11) is 0. The maximum Gasteiger partial charge on any atom is 0.247 e. The predicted octanol–water partition coefficient (Wildman–Crippen LogP) is 3.53. The van der Waals surface area contributed by atoms with Gasteiger partial charge in [0.2, 0.25) is 11.8 Å². The molecule has 20 heavy (non-hydrogen) atoms. The molecule has 2 rings (SSSR count). The van der Waals surface area contributed by atoms with Gasteiger partial charge in [-0.05, 0) is 23.1 Å². The molecule has 0 spiro atoms. The third-order valence-corrected chi connectivity index (χ3v) is 3.13. The first-order chi connectivity index (χ1) is 9.36. The second kappa shape index (κ2) is 5.75. The topological polar surface area (TPSA) is 51.0 Å². The average molecular weight is 273 g/mol. The number of hydrogen-bond donors (Lipinski definition) is 1. The largest absolute Gasteiger partial charge is 0.419 e. The summed E-state index contributed by atoms with van der Waals surface area (Å²) in [4.78, 5) is 0. The summed E-state index contributed by atoms with van der Waals surface area (Å²) in [6.45, 7) is 11.4. The molecule has 0 fully saturated rings. The highest BCUT2D eigenvalue weighted by molar-refractivity contribution is 5.53. The number of hydrogen-bond acceptors (Lipinski definition) is 4. The molecule has 4 nitrogen and oxygen atoms in total. The van der Waals surface area contributed by atoms with Gasteiger partial charge in [-0.15, -0.1) is 10.2 Å². The van der Waals surface area contributed by atoms with Crippen LogP contribution in [0.1, 0.15) is 46.1 Å². The molecule has 0 amide bonds. The summed E-state index contributed by atoms with van der Waals surface area (Å²) in [5, 5.41) is 11.4. The van der Waals surface area contributed by atoms with Crippen molar-refractivity contribution < 1.29 is 4.42 Å². The second-order valence-corrected chi connectivity index (χ2v) is 6.36. The Morgan fingerprint density at radius 3 is 2.30 bits per heavy atom. The smallest absolute Gasteiger partial charge is 0.247 e. The molecule has 108 valence electrons. The Labute approximate surface area is 120 Å². The summed E-state index contributed by atoms with van der Waals surface area (Å²) in [6, 6.07) is 8.70. The molecule has 2 aromatic rings. The van der Waals surface area contributed by atoms with E-state index in [2.05, 4.69) is 62.3 Å². The lowest BCUT2D eigenvalue weighted by molar-refractivity contribution is 0.459. The average Bonchev–Trinajstić information content (AvgIpc) is 2.84. The van der Waals surface area contributed by atoms with Gasteiger partial charge in [0.05, 0.1) is 6.54 Å². The molecule has 0 aliphatic carbocycles. The van der Waals surface area contributed by atoms with Gasteiger partial charge < -0.3 is 9.73 Å². The van der Waals surface area contributed by atoms with E-state index in [-0.39, 0.29) is 5.41 Å². The Balaban J connectivity index is 2.12. The Morgan fingerprint density at radius 1 is 1.10 bits per heavy atom. The first-order valence-electron chi connectivity index (χ1n) is 7.03. The molecule has 1 aromatic heterocycles. The third-order valence-electron chi connectivity index (χ3n) is 3.13. The molecule has 4 heteroatoms. The van der Waals surface area contributed by atoms with E-state index < -0.39 is 0 Å². The summed E-state index contributed by atoms with van der Waals surface area (Å²) in [6.07, 6.45) is 0. The number of nitrogens with one attached hydrogen (secondary N) is 1. The lowest BCUT2D eigenvalue weighted by Crippen LogP contribution is -2.21. The van der Waals surface area contributed by atoms with Crippen molar-refractivity contribution in [1.82, 2.24) is 15.5 Å². The predicted molar refractivity (Wildman–Crippen MR) is 80.4 cm³/mol. The molecule has 0 aliphatic rings. The molecule has 0 saturated heterocycles. The molecule has 1 heterocycles. The summed E-state index contributed by atoms with van der Waals surface area (Å²) < 4.78 is 5.66. The van der Waals surface area contributed by atoms with Crippen LogP contribution in [0, 0.1) is 0 Å². The van der Waals surface area contributed by atoms with Crippen molar-refractivity contribution in [3.8, 4) is 11.5 Å². The van der Waals surface area contributed by atoms with Crippen molar-refractivity contribution in [3.05, 3.63) is 35.7 Å². The van der Waals surface area contributed by atoms with Gasteiger partial charge in [-0.3, -0.25) is 0 Å². The van der Waals surface area contributed by atoms with Crippen LogP contribution < -0.4 is 5.32 Å². The van der Waals surface area contributed by atoms with E-state index in [9.17, 15) is 0 Å². The van der Waals surface area contributed by atoms with E-state index in [1.54, 1.807) is 0 Å². The van der Waals surface area contributed by atoms with Crippen LogP contribution in [-0.2, 0) is 12.0 Å². The van der Waals surface area contributed by atoms with Gasteiger partial charge in [0, 0.05) is 11.6 Å². The Hall–Kier alpha value is -1.68. The summed E-state index contributed by atoms with van der Waals surface area (Å²) in [5.74, 6) is 1.19. The molecular weight excluding hydrogens is 250 g/mol. The van der Waals surface area contributed by atoms with E-state index in [1.807, 2.05) is 12.1 Å². The van der Waals surface area contributed by atoms with Gasteiger partial charge in [0.1, 0.15) is 0 Å². The molecule has 0 saturated carbocycles. The number of nitrogens with zero attached hydrogens (tertiary/aromatic N) is 2. The normalized spacial score (nSPS) is 12.1. The van der Waals surface area contributed by atoms with Crippen LogP contribution >= 0.6 is 0 Å². The summed E-state index contributed by atoms with van der Waals surface area (Å²) >= 11 is 0. The van der Waals surface area contributed by atoms with Crippen molar-refractivity contribution in [2.75, 3.05) is 0 Å². The monoisotopic (exact) mass is 273 g/mol. The zero-order valence-corrected chi connectivity index (χ0v) is 12.9. The van der Waals surface area contributed by atoms with Crippen molar-refractivity contribution in [1.29, 1.82) is 0 Å². The SMILES string of the molecule is CC(C)NCc1nnc(-c2ccc(C(C)(C)C)cc2)o1. The minimum Gasteiger partial charge on any atom is -0.419 e. The third kappa shape index (κ3) is 3.67. The van der Waals surface area contributed by atoms with Gasteiger partial charge in [-0.25, -0.2) is 0 Å². The molecule has 0 atom stereocenters. The van der Waals surface area contributed by atoms with E-state index >= 15 is 0 Å². The number of aromatic nitrogens is 2. The van der Waals surface area contributed by atoms with Gasteiger partial charge in [0.15, 0.2) is 0 Å². The van der Waals surface area contributed by atoms with Crippen LogP contribution in [0.4, 0.5) is 0 Å². The van der Waals surface area contributed by atoms with Crippen molar-refractivity contribution in [2.24, 2.45) is 0 Å². The van der Waals surface area contributed by atoms with Crippen LogP contribution in [0.25, 0.3) is 11.5 Å². The van der Waals surface area contributed by atoms with Gasteiger partial charge >= 0.3 is 0 Å². The Kier molecular flexibility index (Phi) is 4.23. The molecule has 0 bridgehead atoms. The quantitative estimate of drug-likeness (QED) is 0.925. The minimum atomic E-state index is 0.152. The van der Waals surface area contributed by atoms with Crippen molar-refractivity contribution in [3.63, 3.8) is 0 Å².